The van der Waals surface area contributed by atoms with Gasteiger partial charge < -0.3 is 25.4 Å². The van der Waals surface area contributed by atoms with Crippen LogP contribution >= 0.6 is 0 Å². The van der Waals surface area contributed by atoms with Crippen LogP contribution in [0, 0.1) is 0 Å². The fraction of sp³-hybridized carbons (Fsp3) is 0.300. The molecule has 2 amide bonds. The third-order valence-electron chi connectivity index (χ3n) is 4.32. The lowest BCUT2D eigenvalue weighted by Gasteiger charge is -2.21. The first kappa shape index (κ1) is 18.9. The van der Waals surface area contributed by atoms with Gasteiger partial charge >= 0.3 is 6.09 Å². The number of carbonyl (C=O) groups excluding carboxylic acids is 2. The van der Waals surface area contributed by atoms with Crippen molar-refractivity contribution < 1.29 is 19.1 Å². The van der Waals surface area contributed by atoms with Gasteiger partial charge in [0.05, 0.1) is 6.61 Å². The van der Waals surface area contributed by atoms with Crippen molar-refractivity contribution in [3.8, 4) is 11.1 Å². The molecule has 0 aromatic heterocycles. The Morgan fingerprint density at radius 2 is 1.67 bits per heavy atom. The SMILES string of the molecule is CN(CC(=O)NCOCCN)C(=O)OC1c2ccccc2-c2ccccc21. The van der Waals surface area contributed by atoms with Gasteiger partial charge in [-0.1, -0.05) is 48.5 Å². The highest BCUT2D eigenvalue weighted by molar-refractivity contribution is 5.83. The van der Waals surface area contributed by atoms with Gasteiger partial charge in [-0.25, -0.2) is 4.79 Å². The third kappa shape index (κ3) is 4.27. The molecule has 0 saturated carbocycles. The molecule has 2 aromatic carbocycles. The van der Waals surface area contributed by atoms with Gasteiger partial charge in [-0.3, -0.25) is 4.79 Å². The van der Waals surface area contributed by atoms with Crippen molar-refractivity contribution >= 4 is 12.0 Å². The number of ether oxygens (including phenoxy) is 2. The van der Waals surface area contributed by atoms with Crippen molar-refractivity contribution in [1.82, 2.24) is 10.2 Å². The summed E-state index contributed by atoms with van der Waals surface area (Å²) in [5.41, 5.74) is 9.31. The zero-order valence-electron chi connectivity index (χ0n) is 15.2. The first-order valence-corrected chi connectivity index (χ1v) is 8.76. The van der Waals surface area contributed by atoms with Crippen molar-refractivity contribution in [2.24, 2.45) is 5.73 Å². The highest BCUT2D eigenvalue weighted by Gasteiger charge is 2.32. The fourth-order valence-corrected chi connectivity index (χ4v) is 3.05. The summed E-state index contributed by atoms with van der Waals surface area (Å²) < 4.78 is 10.8. The molecule has 0 spiro atoms. The van der Waals surface area contributed by atoms with Crippen LogP contribution in [0.25, 0.3) is 11.1 Å². The topological polar surface area (TPSA) is 93.9 Å². The maximum Gasteiger partial charge on any atom is 0.410 e. The maximum absolute atomic E-state index is 12.5. The van der Waals surface area contributed by atoms with Gasteiger partial charge in [0.1, 0.15) is 13.3 Å². The molecule has 142 valence electrons. The van der Waals surface area contributed by atoms with Crippen LogP contribution in [0.5, 0.6) is 0 Å². The summed E-state index contributed by atoms with van der Waals surface area (Å²) in [6.07, 6.45) is -1.05. The lowest BCUT2D eigenvalue weighted by Crippen LogP contribution is -2.39. The Morgan fingerprint density at radius 1 is 1.07 bits per heavy atom. The van der Waals surface area contributed by atoms with E-state index in [1.165, 1.54) is 11.9 Å². The van der Waals surface area contributed by atoms with E-state index < -0.39 is 12.2 Å². The third-order valence-corrected chi connectivity index (χ3v) is 4.32. The molecule has 7 nitrogen and oxygen atoms in total. The maximum atomic E-state index is 12.5. The second-order valence-corrected chi connectivity index (χ2v) is 6.24. The van der Waals surface area contributed by atoms with Crippen molar-refractivity contribution in [2.75, 3.05) is 33.5 Å². The number of nitrogens with two attached hydrogens (primary N) is 1. The summed E-state index contributed by atoms with van der Waals surface area (Å²) in [6.45, 7) is 0.675. The Morgan fingerprint density at radius 3 is 2.26 bits per heavy atom. The minimum atomic E-state index is -0.565. The van der Waals surface area contributed by atoms with Crippen LogP contribution in [0.15, 0.2) is 48.5 Å². The van der Waals surface area contributed by atoms with E-state index in [2.05, 4.69) is 5.32 Å². The summed E-state index contributed by atoms with van der Waals surface area (Å²) in [5, 5.41) is 2.56. The summed E-state index contributed by atoms with van der Waals surface area (Å²) in [5.74, 6) is -0.335. The monoisotopic (exact) mass is 369 g/mol. The van der Waals surface area contributed by atoms with Crippen molar-refractivity contribution in [3.05, 3.63) is 59.7 Å². The van der Waals surface area contributed by atoms with Crippen LogP contribution in [-0.4, -0.2) is 50.4 Å². The Hall–Kier alpha value is -2.90. The highest BCUT2D eigenvalue weighted by atomic mass is 16.6. The Bertz CT molecular complexity index is 779. The average Bonchev–Trinajstić information content (AvgIpc) is 2.99. The van der Waals surface area contributed by atoms with Gasteiger partial charge in [-0.2, -0.15) is 0 Å². The molecule has 0 radical (unpaired) electrons. The molecular formula is C20H23N3O4. The molecule has 0 unspecified atom stereocenters. The summed E-state index contributed by atoms with van der Waals surface area (Å²) >= 11 is 0. The molecule has 1 aliphatic carbocycles. The molecule has 0 saturated heterocycles. The minimum absolute atomic E-state index is 0.0578. The number of nitrogens with one attached hydrogen (secondary N) is 1. The zero-order valence-corrected chi connectivity index (χ0v) is 15.2. The molecule has 7 heteroatoms. The number of amides is 2. The van der Waals surface area contributed by atoms with E-state index in [1.54, 1.807) is 0 Å². The molecule has 27 heavy (non-hydrogen) atoms. The molecule has 0 fully saturated rings. The molecule has 2 aromatic rings. The van der Waals surface area contributed by atoms with E-state index in [1.807, 2.05) is 48.5 Å². The zero-order chi connectivity index (χ0) is 19.2. The van der Waals surface area contributed by atoms with Crippen molar-refractivity contribution in [3.63, 3.8) is 0 Å². The molecule has 1 aliphatic rings. The smallest absolute Gasteiger partial charge is 0.410 e. The van der Waals surface area contributed by atoms with Crippen LogP contribution in [0.2, 0.25) is 0 Å². The summed E-state index contributed by atoms with van der Waals surface area (Å²) in [4.78, 5) is 25.6. The number of benzene rings is 2. The van der Waals surface area contributed by atoms with Gasteiger partial charge in [0, 0.05) is 24.7 Å². The van der Waals surface area contributed by atoms with Crippen molar-refractivity contribution in [1.29, 1.82) is 0 Å². The molecule has 3 rings (SSSR count). The number of carbonyl (C=O) groups is 2. The van der Waals surface area contributed by atoms with Crippen LogP contribution in [0.4, 0.5) is 4.79 Å². The second kappa shape index (κ2) is 8.66. The molecule has 0 atom stereocenters. The van der Waals surface area contributed by atoms with Crippen molar-refractivity contribution in [2.45, 2.75) is 6.10 Å². The number of fused-ring (bicyclic) bond motifs is 3. The lowest BCUT2D eigenvalue weighted by atomic mass is 10.1. The van der Waals surface area contributed by atoms with E-state index in [0.717, 1.165) is 22.3 Å². The Labute approximate surface area is 158 Å². The van der Waals surface area contributed by atoms with Gasteiger partial charge in [0.25, 0.3) is 0 Å². The number of hydrogen-bond donors (Lipinski definition) is 2. The van der Waals surface area contributed by atoms with E-state index >= 15 is 0 Å². The predicted octanol–water partition coefficient (Wildman–Crippen LogP) is 1.87. The first-order chi connectivity index (χ1) is 13.1. The van der Waals surface area contributed by atoms with E-state index in [9.17, 15) is 9.59 Å². The van der Waals surface area contributed by atoms with Crippen LogP contribution in [0.1, 0.15) is 17.2 Å². The number of rotatable bonds is 7. The highest BCUT2D eigenvalue weighted by Crippen LogP contribution is 2.45. The number of likely N-dealkylation sites (N-methyl/N-ethyl adjacent to an activating group) is 1. The Balaban J connectivity index is 1.63. The lowest BCUT2D eigenvalue weighted by molar-refractivity contribution is -0.123. The molecule has 0 heterocycles. The molecule has 0 aliphatic heterocycles. The number of hydrogen-bond acceptors (Lipinski definition) is 5. The largest absolute Gasteiger partial charge is 0.436 e. The normalized spacial score (nSPS) is 12.2. The van der Waals surface area contributed by atoms with Crippen LogP contribution in [0.3, 0.4) is 0 Å². The Kier molecular flexibility index (Phi) is 6.05. The van der Waals surface area contributed by atoms with Crippen LogP contribution < -0.4 is 11.1 Å². The van der Waals surface area contributed by atoms with E-state index in [4.69, 9.17) is 15.2 Å². The van der Waals surface area contributed by atoms with E-state index in [0.29, 0.717) is 13.2 Å². The molecule has 3 N–H and O–H groups in total. The van der Waals surface area contributed by atoms with Crippen LogP contribution in [-0.2, 0) is 14.3 Å². The predicted molar refractivity (Wildman–Crippen MR) is 101 cm³/mol. The van der Waals surface area contributed by atoms with Gasteiger partial charge in [-0.15, -0.1) is 0 Å². The van der Waals surface area contributed by atoms with Gasteiger partial charge in [-0.05, 0) is 11.1 Å². The molecule has 0 bridgehead atoms. The van der Waals surface area contributed by atoms with Gasteiger partial charge in [0.2, 0.25) is 5.91 Å². The summed E-state index contributed by atoms with van der Waals surface area (Å²) in [6, 6.07) is 15.7. The molecular weight excluding hydrogens is 346 g/mol. The standard InChI is InChI=1S/C20H23N3O4/c1-23(12-18(24)22-13-26-11-10-21)20(25)27-19-16-8-4-2-6-14(16)15-7-3-5-9-17(15)19/h2-9,19H,10-13,21H2,1H3,(H,22,24). The summed E-state index contributed by atoms with van der Waals surface area (Å²) in [7, 11) is 1.52. The minimum Gasteiger partial charge on any atom is -0.436 e. The van der Waals surface area contributed by atoms with Gasteiger partial charge in [0.15, 0.2) is 6.10 Å². The average molecular weight is 369 g/mol. The first-order valence-electron chi connectivity index (χ1n) is 8.76. The second-order valence-electron chi connectivity index (χ2n) is 6.24. The number of nitrogens with zero attached hydrogens (tertiary/aromatic N) is 1. The quantitative estimate of drug-likeness (QED) is 0.574. The van der Waals surface area contributed by atoms with E-state index in [-0.39, 0.29) is 19.2 Å². The fourth-order valence-electron chi connectivity index (χ4n) is 3.05.